The minimum Gasteiger partial charge on any atom is -0.355 e. The Bertz CT molecular complexity index is 324. The minimum absolute atomic E-state index is 0.0157. The summed E-state index contributed by atoms with van der Waals surface area (Å²) in [4.78, 5) is 25.2. The molecule has 102 valence electrons. The molecule has 0 saturated carbocycles. The van der Waals surface area contributed by atoms with Gasteiger partial charge >= 0.3 is 0 Å². The molecule has 0 aromatic carbocycles. The van der Waals surface area contributed by atoms with Crippen molar-refractivity contribution in [3.8, 4) is 0 Å². The number of nitrogens with zero attached hydrogens (tertiary/aromatic N) is 1. The summed E-state index contributed by atoms with van der Waals surface area (Å²) < 4.78 is 0. The van der Waals surface area contributed by atoms with Crippen molar-refractivity contribution in [3.63, 3.8) is 0 Å². The highest BCUT2D eigenvalue weighted by Crippen LogP contribution is 2.16. The molecule has 0 fully saturated rings. The van der Waals surface area contributed by atoms with Gasteiger partial charge in [-0.25, -0.2) is 0 Å². The quantitative estimate of drug-likeness (QED) is 0.667. The Morgan fingerprint density at radius 3 is 2.50 bits per heavy atom. The Balaban J connectivity index is 2.23. The SMILES string of the molecule is CCN(CC)C(=O)CCNC(=O)C1C=CC(N)C1. The van der Waals surface area contributed by atoms with Crippen LogP contribution < -0.4 is 11.1 Å². The van der Waals surface area contributed by atoms with Gasteiger partial charge < -0.3 is 16.0 Å². The lowest BCUT2D eigenvalue weighted by Crippen LogP contribution is -2.36. The lowest BCUT2D eigenvalue weighted by Gasteiger charge is -2.18. The molecule has 5 nitrogen and oxygen atoms in total. The zero-order chi connectivity index (χ0) is 13.5. The van der Waals surface area contributed by atoms with E-state index in [-0.39, 0.29) is 23.8 Å². The Morgan fingerprint density at radius 2 is 2.00 bits per heavy atom. The molecule has 0 saturated heterocycles. The van der Waals surface area contributed by atoms with Crippen molar-refractivity contribution in [3.05, 3.63) is 12.2 Å². The fourth-order valence-corrected chi connectivity index (χ4v) is 2.08. The van der Waals surface area contributed by atoms with Gasteiger partial charge in [-0.15, -0.1) is 0 Å². The zero-order valence-electron chi connectivity index (χ0n) is 11.2. The Hall–Kier alpha value is -1.36. The lowest BCUT2D eigenvalue weighted by molar-refractivity contribution is -0.130. The van der Waals surface area contributed by atoms with E-state index >= 15 is 0 Å². The predicted octanol–water partition coefficient (Wildman–Crippen LogP) is 0.265. The molecule has 2 atom stereocenters. The standard InChI is InChI=1S/C13H23N3O2/c1-3-16(4-2)12(17)7-8-15-13(18)10-5-6-11(14)9-10/h5-6,10-11H,3-4,7-9,14H2,1-2H3,(H,15,18). The summed E-state index contributed by atoms with van der Waals surface area (Å²) in [7, 11) is 0. The number of amides is 2. The molecular formula is C13H23N3O2. The maximum atomic E-state index is 11.7. The van der Waals surface area contributed by atoms with Crippen LogP contribution in [0.5, 0.6) is 0 Å². The van der Waals surface area contributed by atoms with Gasteiger partial charge in [0.1, 0.15) is 0 Å². The van der Waals surface area contributed by atoms with Crippen molar-refractivity contribution in [2.24, 2.45) is 11.7 Å². The van der Waals surface area contributed by atoms with Crippen LogP contribution in [0, 0.1) is 5.92 Å². The molecule has 1 aliphatic carbocycles. The van der Waals surface area contributed by atoms with Crippen molar-refractivity contribution in [2.75, 3.05) is 19.6 Å². The molecule has 1 aliphatic rings. The van der Waals surface area contributed by atoms with Gasteiger partial charge in [0.05, 0.1) is 5.92 Å². The highest BCUT2D eigenvalue weighted by Gasteiger charge is 2.22. The number of nitrogens with two attached hydrogens (primary N) is 1. The van der Waals surface area contributed by atoms with Crippen LogP contribution in [-0.4, -0.2) is 42.4 Å². The number of carbonyl (C=O) groups excluding carboxylic acids is 2. The first-order valence-electron chi connectivity index (χ1n) is 6.57. The molecular weight excluding hydrogens is 230 g/mol. The Morgan fingerprint density at radius 1 is 1.33 bits per heavy atom. The van der Waals surface area contributed by atoms with E-state index in [2.05, 4.69) is 5.32 Å². The monoisotopic (exact) mass is 253 g/mol. The third-order valence-corrected chi connectivity index (χ3v) is 3.21. The predicted molar refractivity (Wildman–Crippen MR) is 70.8 cm³/mol. The second-order valence-electron chi connectivity index (χ2n) is 4.50. The van der Waals surface area contributed by atoms with E-state index in [9.17, 15) is 9.59 Å². The van der Waals surface area contributed by atoms with Crippen molar-refractivity contribution in [1.29, 1.82) is 0 Å². The van der Waals surface area contributed by atoms with E-state index in [1.807, 2.05) is 26.0 Å². The molecule has 2 unspecified atom stereocenters. The summed E-state index contributed by atoms with van der Waals surface area (Å²) in [5.74, 6) is -0.0888. The fraction of sp³-hybridized carbons (Fsp3) is 0.692. The van der Waals surface area contributed by atoms with Crippen LogP contribution in [0.25, 0.3) is 0 Å². The van der Waals surface area contributed by atoms with E-state index in [0.717, 1.165) is 0 Å². The van der Waals surface area contributed by atoms with Gasteiger partial charge in [-0.3, -0.25) is 9.59 Å². The van der Waals surface area contributed by atoms with Crippen molar-refractivity contribution in [2.45, 2.75) is 32.7 Å². The van der Waals surface area contributed by atoms with E-state index in [1.165, 1.54) is 0 Å². The van der Waals surface area contributed by atoms with Crippen molar-refractivity contribution >= 4 is 11.8 Å². The van der Waals surface area contributed by atoms with Gasteiger partial charge in [0.25, 0.3) is 0 Å². The first-order valence-corrected chi connectivity index (χ1v) is 6.57. The van der Waals surface area contributed by atoms with Crippen molar-refractivity contribution in [1.82, 2.24) is 10.2 Å². The maximum absolute atomic E-state index is 11.7. The average Bonchev–Trinajstić information content (AvgIpc) is 2.77. The first kappa shape index (κ1) is 14.7. The number of carbonyl (C=O) groups is 2. The Kier molecular flexibility index (Phi) is 5.85. The van der Waals surface area contributed by atoms with Crippen LogP contribution in [-0.2, 0) is 9.59 Å². The third-order valence-electron chi connectivity index (χ3n) is 3.21. The molecule has 0 aromatic rings. The molecule has 18 heavy (non-hydrogen) atoms. The number of hydrogen-bond donors (Lipinski definition) is 2. The van der Waals surface area contributed by atoms with Gasteiger partial charge in [-0.2, -0.15) is 0 Å². The summed E-state index contributed by atoms with van der Waals surface area (Å²) in [6, 6.07) is -0.0157. The molecule has 0 radical (unpaired) electrons. The van der Waals surface area contributed by atoms with Crippen LogP contribution in [0.4, 0.5) is 0 Å². The zero-order valence-corrected chi connectivity index (χ0v) is 11.2. The van der Waals surface area contributed by atoms with E-state index in [4.69, 9.17) is 5.73 Å². The van der Waals surface area contributed by atoms with Gasteiger partial charge in [0.15, 0.2) is 0 Å². The second-order valence-corrected chi connectivity index (χ2v) is 4.50. The van der Waals surface area contributed by atoms with Crippen LogP contribution >= 0.6 is 0 Å². The summed E-state index contributed by atoms with van der Waals surface area (Å²) in [5, 5.41) is 2.79. The van der Waals surface area contributed by atoms with Crippen LogP contribution in [0.2, 0.25) is 0 Å². The first-order chi connectivity index (χ1) is 8.58. The summed E-state index contributed by atoms with van der Waals surface area (Å²) in [6.45, 7) is 5.72. The molecule has 0 aromatic heterocycles. The smallest absolute Gasteiger partial charge is 0.227 e. The van der Waals surface area contributed by atoms with E-state index in [1.54, 1.807) is 4.90 Å². The average molecular weight is 253 g/mol. The highest BCUT2D eigenvalue weighted by molar-refractivity contribution is 5.82. The minimum atomic E-state index is -0.136. The molecule has 0 heterocycles. The van der Waals surface area contributed by atoms with E-state index < -0.39 is 0 Å². The maximum Gasteiger partial charge on any atom is 0.227 e. The molecule has 5 heteroatoms. The van der Waals surface area contributed by atoms with Gasteiger partial charge in [-0.1, -0.05) is 12.2 Å². The van der Waals surface area contributed by atoms with Gasteiger partial charge in [0.2, 0.25) is 11.8 Å². The normalized spacial score (nSPS) is 21.9. The molecule has 3 N–H and O–H groups in total. The van der Waals surface area contributed by atoms with E-state index in [0.29, 0.717) is 32.5 Å². The topological polar surface area (TPSA) is 75.4 Å². The van der Waals surface area contributed by atoms with Gasteiger partial charge in [-0.05, 0) is 20.3 Å². The number of nitrogens with one attached hydrogen (secondary N) is 1. The summed E-state index contributed by atoms with van der Waals surface area (Å²) in [6.07, 6.45) is 4.71. The molecule has 2 amide bonds. The number of rotatable bonds is 6. The summed E-state index contributed by atoms with van der Waals surface area (Å²) >= 11 is 0. The van der Waals surface area contributed by atoms with Crippen LogP contribution in [0.3, 0.4) is 0 Å². The summed E-state index contributed by atoms with van der Waals surface area (Å²) in [5.41, 5.74) is 5.69. The second kappa shape index (κ2) is 7.16. The molecule has 0 aliphatic heterocycles. The fourth-order valence-electron chi connectivity index (χ4n) is 2.08. The third kappa shape index (κ3) is 4.14. The van der Waals surface area contributed by atoms with Crippen molar-refractivity contribution < 1.29 is 9.59 Å². The molecule has 1 rings (SSSR count). The van der Waals surface area contributed by atoms with Gasteiger partial charge in [0, 0.05) is 32.1 Å². The molecule has 0 spiro atoms. The Labute approximate surface area is 108 Å². The van der Waals surface area contributed by atoms with Crippen LogP contribution in [0.1, 0.15) is 26.7 Å². The largest absolute Gasteiger partial charge is 0.355 e. The molecule has 0 bridgehead atoms. The number of hydrogen-bond acceptors (Lipinski definition) is 3. The highest BCUT2D eigenvalue weighted by atomic mass is 16.2. The van der Waals surface area contributed by atoms with Crippen LogP contribution in [0.15, 0.2) is 12.2 Å². The lowest BCUT2D eigenvalue weighted by atomic mass is 10.1.